The van der Waals surface area contributed by atoms with Crippen molar-refractivity contribution in [2.75, 3.05) is 0 Å². The number of rotatable bonds is 5. The van der Waals surface area contributed by atoms with Crippen LogP contribution in [0.4, 0.5) is 5.69 Å². The highest BCUT2D eigenvalue weighted by molar-refractivity contribution is 5.32. The van der Waals surface area contributed by atoms with Gasteiger partial charge in [0.2, 0.25) is 0 Å². The maximum atomic E-state index is 10.0. The highest BCUT2D eigenvalue weighted by Crippen LogP contribution is 2.19. The standard InChI is InChI=1S/C12H10N2O4.C6H5NO2/c15-9-3-1-5-11(7-9)17-13-14-18-12-6-2-4-10(16)8-12;8-7(9)6-4-2-1-3-5-6/h1-8,15-16H;1-5H. The van der Waals surface area contributed by atoms with Crippen molar-refractivity contribution >= 4 is 5.69 Å². The Bertz CT molecular complexity index is 853. The van der Waals surface area contributed by atoms with Gasteiger partial charge in [-0.1, -0.05) is 30.3 Å². The second-order valence-corrected chi connectivity index (χ2v) is 4.93. The molecule has 9 nitrogen and oxygen atoms in total. The van der Waals surface area contributed by atoms with Gasteiger partial charge in [-0.2, -0.15) is 0 Å². The molecule has 138 valence electrons. The third-order valence-corrected chi connectivity index (χ3v) is 2.93. The van der Waals surface area contributed by atoms with Gasteiger partial charge in [0.25, 0.3) is 5.69 Å². The summed E-state index contributed by atoms with van der Waals surface area (Å²) in [7, 11) is 0. The predicted octanol–water partition coefficient (Wildman–Crippen LogP) is 4.43. The van der Waals surface area contributed by atoms with Gasteiger partial charge in [0.15, 0.2) is 11.5 Å². The van der Waals surface area contributed by atoms with Gasteiger partial charge in [-0.3, -0.25) is 10.1 Å². The lowest BCUT2D eigenvalue weighted by molar-refractivity contribution is -0.384. The average Bonchev–Trinajstić information content (AvgIpc) is 2.67. The van der Waals surface area contributed by atoms with E-state index in [1.54, 1.807) is 42.5 Å². The molecule has 0 unspecified atom stereocenters. The number of non-ortho nitro benzene ring substituents is 1. The van der Waals surface area contributed by atoms with E-state index in [1.165, 1.54) is 36.4 Å². The van der Waals surface area contributed by atoms with Gasteiger partial charge < -0.3 is 19.9 Å². The molecule has 0 aliphatic rings. The van der Waals surface area contributed by atoms with Gasteiger partial charge in [-0.25, -0.2) is 0 Å². The van der Waals surface area contributed by atoms with Crippen LogP contribution in [0.5, 0.6) is 23.0 Å². The van der Waals surface area contributed by atoms with Crippen LogP contribution in [-0.4, -0.2) is 15.1 Å². The maximum absolute atomic E-state index is 10.0. The Hall–Kier alpha value is -4.14. The third kappa shape index (κ3) is 7.10. The van der Waals surface area contributed by atoms with Crippen LogP contribution in [0.15, 0.2) is 89.4 Å². The van der Waals surface area contributed by atoms with Crippen LogP contribution in [0.3, 0.4) is 0 Å². The summed E-state index contributed by atoms with van der Waals surface area (Å²) in [4.78, 5) is 19.3. The molecule has 3 rings (SSSR count). The molecule has 0 radical (unpaired) electrons. The van der Waals surface area contributed by atoms with E-state index in [-0.39, 0.29) is 17.2 Å². The molecule has 0 heterocycles. The number of aromatic hydroxyl groups is 2. The molecule has 27 heavy (non-hydrogen) atoms. The van der Waals surface area contributed by atoms with Crippen molar-refractivity contribution in [3.63, 3.8) is 0 Å². The Kier molecular flexibility index (Phi) is 7.10. The van der Waals surface area contributed by atoms with Crippen LogP contribution in [-0.2, 0) is 0 Å². The van der Waals surface area contributed by atoms with Crippen molar-refractivity contribution in [3.8, 4) is 23.0 Å². The van der Waals surface area contributed by atoms with Crippen LogP contribution in [0, 0.1) is 10.1 Å². The molecular formula is C18H15N3O6. The lowest BCUT2D eigenvalue weighted by Crippen LogP contribution is -1.85. The fourth-order valence-electron chi connectivity index (χ4n) is 1.76. The first kappa shape index (κ1) is 19.2. The predicted molar refractivity (Wildman–Crippen MR) is 95.4 cm³/mol. The normalized spacial score (nSPS) is 9.93. The summed E-state index contributed by atoms with van der Waals surface area (Å²) in [6, 6.07) is 20.1. The minimum absolute atomic E-state index is 0.0663. The summed E-state index contributed by atoms with van der Waals surface area (Å²) >= 11 is 0. The molecule has 0 amide bonds. The molecule has 0 aromatic heterocycles. The van der Waals surface area contributed by atoms with E-state index in [2.05, 4.69) is 10.6 Å². The van der Waals surface area contributed by atoms with Gasteiger partial charge in [-0.15, -0.1) is 0 Å². The van der Waals surface area contributed by atoms with Crippen molar-refractivity contribution in [3.05, 3.63) is 89.0 Å². The van der Waals surface area contributed by atoms with E-state index in [4.69, 9.17) is 19.9 Å². The summed E-state index contributed by atoms with van der Waals surface area (Å²) in [5.74, 6) is 0.796. The van der Waals surface area contributed by atoms with E-state index < -0.39 is 4.92 Å². The molecule has 0 fully saturated rings. The Morgan fingerprint density at radius 3 is 1.59 bits per heavy atom. The number of hydrogen-bond acceptors (Lipinski definition) is 8. The zero-order valence-corrected chi connectivity index (χ0v) is 13.9. The Balaban J connectivity index is 0.000000244. The molecular weight excluding hydrogens is 354 g/mol. The molecule has 0 bridgehead atoms. The lowest BCUT2D eigenvalue weighted by atomic mass is 10.3. The molecule has 2 N–H and O–H groups in total. The van der Waals surface area contributed by atoms with Crippen molar-refractivity contribution < 1.29 is 24.8 Å². The number of nitro groups is 1. The Labute approximate surface area is 153 Å². The Morgan fingerprint density at radius 2 is 1.22 bits per heavy atom. The zero-order chi connectivity index (χ0) is 19.5. The summed E-state index contributed by atoms with van der Waals surface area (Å²) in [6.45, 7) is 0. The summed E-state index contributed by atoms with van der Waals surface area (Å²) in [6.07, 6.45) is 0. The quantitative estimate of drug-likeness (QED) is 0.389. The zero-order valence-electron chi connectivity index (χ0n) is 13.9. The third-order valence-electron chi connectivity index (χ3n) is 2.93. The van der Waals surface area contributed by atoms with Gasteiger partial charge in [0, 0.05) is 24.3 Å². The molecule has 0 saturated carbocycles. The molecule has 0 aliphatic carbocycles. The van der Waals surface area contributed by atoms with Crippen molar-refractivity contribution in [2.24, 2.45) is 10.6 Å². The average molecular weight is 369 g/mol. The SMILES string of the molecule is O=[N+]([O-])c1ccccc1.Oc1cccc(ON=NOc2cccc(O)c2)c1. The van der Waals surface area contributed by atoms with Crippen LogP contribution in [0.25, 0.3) is 0 Å². The second kappa shape index (κ2) is 9.99. The summed E-state index contributed by atoms with van der Waals surface area (Å²) < 4.78 is 0. The number of nitro benzene ring substituents is 1. The number of phenols is 2. The molecule has 3 aromatic rings. The monoisotopic (exact) mass is 369 g/mol. The lowest BCUT2D eigenvalue weighted by Gasteiger charge is -1.98. The van der Waals surface area contributed by atoms with Crippen LogP contribution in [0.2, 0.25) is 0 Å². The first-order valence-corrected chi connectivity index (χ1v) is 7.56. The van der Waals surface area contributed by atoms with Gasteiger partial charge in [0.05, 0.1) is 15.5 Å². The topological polar surface area (TPSA) is 127 Å². The molecule has 0 atom stereocenters. The number of para-hydroxylation sites is 1. The molecule has 3 aromatic carbocycles. The van der Waals surface area contributed by atoms with Crippen LogP contribution in [0.1, 0.15) is 0 Å². The number of nitrogens with zero attached hydrogens (tertiary/aromatic N) is 3. The summed E-state index contributed by atoms with van der Waals surface area (Å²) in [5, 5.41) is 35.0. The smallest absolute Gasteiger partial charge is 0.269 e. The molecule has 0 aliphatic heterocycles. The van der Waals surface area contributed by atoms with Gasteiger partial charge >= 0.3 is 0 Å². The number of hydrogen-bond donors (Lipinski definition) is 2. The number of phenolic OH excluding ortho intramolecular Hbond substituents is 2. The van der Waals surface area contributed by atoms with Gasteiger partial charge in [0.1, 0.15) is 11.5 Å². The second-order valence-electron chi connectivity index (χ2n) is 4.93. The van der Waals surface area contributed by atoms with Gasteiger partial charge in [-0.05, 0) is 24.3 Å². The largest absolute Gasteiger partial charge is 0.508 e. The van der Waals surface area contributed by atoms with Crippen LogP contribution < -0.4 is 9.68 Å². The highest BCUT2D eigenvalue weighted by Gasteiger charge is 1.98. The molecule has 9 heteroatoms. The fraction of sp³-hybridized carbons (Fsp3) is 0. The number of benzene rings is 3. The fourth-order valence-corrected chi connectivity index (χ4v) is 1.76. The minimum Gasteiger partial charge on any atom is -0.508 e. The molecule has 0 spiro atoms. The van der Waals surface area contributed by atoms with E-state index in [0.29, 0.717) is 11.5 Å². The summed E-state index contributed by atoms with van der Waals surface area (Å²) in [5.41, 5.74) is 0.137. The molecule has 0 saturated heterocycles. The van der Waals surface area contributed by atoms with Crippen LogP contribution >= 0.6 is 0 Å². The van der Waals surface area contributed by atoms with E-state index in [1.807, 2.05) is 0 Å². The maximum Gasteiger partial charge on any atom is 0.269 e. The van der Waals surface area contributed by atoms with Crippen molar-refractivity contribution in [1.82, 2.24) is 0 Å². The van der Waals surface area contributed by atoms with E-state index in [0.717, 1.165) is 0 Å². The highest BCUT2D eigenvalue weighted by atomic mass is 16.7. The van der Waals surface area contributed by atoms with E-state index >= 15 is 0 Å². The first-order chi connectivity index (χ1) is 13.0. The Morgan fingerprint density at radius 1 is 0.741 bits per heavy atom. The first-order valence-electron chi connectivity index (χ1n) is 7.56. The van der Waals surface area contributed by atoms with Crippen molar-refractivity contribution in [1.29, 1.82) is 0 Å². The minimum atomic E-state index is -0.417. The van der Waals surface area contributed by atoms with Crippen molar-refractivity contribution in [2.45, 2.75) is 0 Å². The van der Waals surface area contributed by atoms with E-state index in [9.17, 15) is 10.1 Å².